The largest absolute Gasteiger partial charge is 0.469 e. The maximum atomic E-state index is 12.8. The van der Waals surface area contributed by atoms with E-state index in [0.717, 1.165) is 24.9 Å². The number of ether oxygens (including phenoxy) is 1. The fourth-order valence-corrected chi connectivity index (χ4v) is 2.51. The van der Waals surface area contributed by atoms with Crippen molar-refractivity contribution in [2.45, 2.75) is 12.8 Å². The van der Waals surface area contributed by atoms with E-state index in [1.165, 1.54) is 19.2 Å². The standard InChI is InChI=1S/C14H18FNO2/c1-18-14(17)13-9-16-7-6-11(13)8-10-2-4-12(15)5-3-10/h2-5,11,13,16H,6-9H2,1H3. The smallest absolute Gasteiger partial charge is 0.310 e. The van der Waals surface area contributed by atoms with Crippen LogP contribution in [-0.2, 0) is 16.0 Å². The van der Waals surface area contributed by atoms with Crippen LogP contribution in [0.4, 0.5) is 4.39 Å². The van der Waals surface area contributed by atoms with Gasteiger partial charge >= 0.3 is 5.97 Å². The first-order valence-electron chi connectivity index (χ1n) is 6.23. The highest BCUT2D eigenvalue weighted by atomic mass is 19.1. The van der Waals surface area contributed by atoms with Crippen LogP contribution in [0.1, 0.15) is 12.0 Å². The van der Waals surface area contributed by atoms with E-state index in [9.17, 15) is 9.18 Å². The van der Waals surface area contributed by atoms with Gasteiger partial charge in [0.1, 0.15) is 5.82 Å². The van der Waals surface area contributed by atoms with Crippen molar-refractivity contribution in [1.82, 2.24) is 5.32 Å². The Morgan fingerprint density at radius 3 is 2.83 bits per heavy atom. The van der Waals surface area contributed by atoms with Gasteiger partial charge in [0.15, 0.2) is 0 Å². The summed E-state index contributed by atoms with van der Waals surface area (Å²) in [6.07, 6.45) is 1.73. The van der Waals surface area contributed by atoms with Gasteiger partial charge in [-0.1, -0.05) is 12.1 Å². The summed E-state index contributed by atoms with van der Waals surface area (Å²) >= 11 is 0. The highest BCUT2D eigenvalue weighted by Gasteiger charge is 2.31. The molecule has 1 heterocycles. The Labute approximate surface area is 106 Å². The monoisotopic (exact) mass is 251 g/mol. The lowest BCUT2D eigenvalue weighted by Gasteiger charge is -2.30. The summed E-state index contributed by atoms with van der Waals surface area (Å²) < 4.78 is 17.7. The molecule has 0 amide bonds. The SMILES string of the molecule is COC(=O)C1CNCCC1Cc1ccc(F)cc1. The number of hydrogen-bond donors (Lipinski definition) is 1. The van der Waals surface area contributed by atoms with E-state index < -0.39 is 0 Å². The zero-order chi connectivity index (χ0) is 13.0. The number of rotatable bonds is 3. The molecular formula is C14H18FNO2. The molecule has 2 rings (SSSR count). The van der Waals surface area contributed by atoms with Crippen LogP contribution in [0.5, 0.6) is 0 Å². The molecule has 3 nitrogen and oxygen atoms in total. The molecule has 1 aromatic carbocycles. The van der Waals surface area contributed by atoms with Gasteiger partial charge in [-0.2, -0.15) is 0 Å². The third kappa shape index (κ3) is 3.07. The zero-order valence-electron chi connectivity index (χ0n) is 10.5. The second-order valence-corrected chi connectivity index (χ2v) is 4.71. The third-order valence-electron chi connectivity index (χ3n) is 3.54. The highest BCUT2D eigenvalue weighted by molar-refractivity contribution is 5.73. The van der Waals surface area contributed by atoms with Crippen molar-refractivity contribution >= 4 is 5.97 Å². The number of carbonyl (C=O) groups is 1. The van der Waals surface area contributed by atoms with E-state index >= 15 is 0 Å². The summed E-state index contributed by atoms with van der Waals surface area (Å²) in [5.41, 5.74) is 1.07. The lowest BCUT2D eigenvalue weighted by Crippen LogP contribution is -2.42. The van der Waals surface area contributed by atoms with Crippen molar-refractivity contribution < 1.29 is 13.9 Å². The molecule has 2 unspecified atom stereocenters. The summed E-state index contributed by atoms with van der Waals surface area (Å²) in [6.45, 7) is 1.58. The molecule has 0 saturated carbocycles. The van der Waals surface area contributed by atoms with E-state index in [1.807, 2.05) is 0 Å². The maximum absolute atomic E-state index is 12.8. The van der Waals surface area contributed by atoms with Crippen molar-refractivity contribution in [3.8, 4) is 0 Å². The normalized spacial score (nSPS) is 23.7. The molecule has 98 valence electrons. The van der Waals surface area contributed by atoms with E-state index in [4.69, 9.17) is 4.74 Å². The Kier molecular flexibility index (Phi) is 4.31. The van der Waals surface area contributed by atoms with Crippen LogP contribution in [0.3, 0.4) is 0 Å². The van der Waals surface area contributed by atoms with Crippen LogP contribution in [0.2, 0.25) is 0 Å². The number of methoxy groups -OCH3 is 1. The Morgan fingerprint density at radius 2 is 2.17 bits per heavy atom. The van der Waals surface area contributed by atoms with Gasteiger partial charge in [0.2, 0.25) is 0 Å². The van der Waals surface area contributed by atoms with Crippen molar-refractivity contribution in [1.29, 1.82) is 0 Å². The molecule has 18 heavy (non-hydrogen) atoms. The number of benzene rings is 1. The average Bonchev–Trinajstić information content (AvgIpc) is 2.41. The molecule has 0 radical (unpaired) electrons. The van der Waals surface area contributed by atoms with E-state index in [0.29, 0.717) is 6.54 Å². The lowest BCUT2D eigenvalue weighted by atomic mass is 9.82. The molecule has 2 atom stereocenters. The number of hydrogen-bond acceptors (Lipinski definition) is 3. The average molecular weight is 251 g/mol. The number of esters is 1. The zero-order valence-corrected chi connectivity index (χ0v) is 10.5. The Morgan fingerprint density at radius 1 is 1.44 bits per heavy atom. The molecule has 0 aliphatic carbocycles. The van der Waals surface area contributed by atoms with Gasteiger partial charge in [0.25, 0.3) is 0 Å². The molecule has 1 aliphatic heterocycles. The molecule has 1 aromatic rings. The third-order valence-corrected chi connectivity index (χ3v) is 3.54. The van der Waals surface area contributed by atoms with E-state index in [-0.39, 0.29) is 23.6 Å². The van der Waals surface area contributed by atoms with Gasteiger partial charge in [0.05, 0.1) is 13.0 Å². The van der Waals surface area contributed by atoms with Gasteiger partial charge in [-0.3, -0.25) is 4.79 Å². The van der Waals surface area contributed by atoms with Crippen LogP contribution in [-0.4, -0.2) is 26.2 Å². The fraction of sp³-hybridized carbons (Fsp3) is 0.500. The molecule has 4 heteroatoms. The van der Waals surface area contributed by atoms with Crippen LogP contribution in [0.15, 0.2) is 24.3 Å². The molecule has 1 aliphatic rings. The summed E-state index contributed by atoms with van der Waals surface area (Å²) in [5.74, 6) is -0.221. The van der Waals surface area contributed by atoms with Crippen LogP contribution >= 0.6 is 0 Å². The topological polar surface area (TPSA) is 38.3 Å². The molecule has 0 aromatic heterocycles. The van der Waals surface area contributed by atoms with Crippen molar-refractivity contribution in [2.24, 2.45) is 11.8 Å². The summed E-state index contributed by atoms with van der Waals surface area (Å²) in [6, 6.07) is 6.49. The first-order chi connectivity index (χ1) is 8.70. The van der Waals surface area contributed by atoms with Crippen LogP contribution < -0.4 is 5.32 Å². The van der Waals surface area contributed by atoms with E-state index in [1.54, 1.807) is 12.1 Å². The quantitative estimate of drug-likeness (QED) is 0.832. The first kappa shape index (κ1) is 13.0. The molecule has 1 N–H and O–H groups in total. The molecule has 1 saturated heterocycles. The van der Waals surface area contributed by atoms with Gasteiger partial charge in [-0.05, 0) is 43.0 Å². The first-order valence-corrected chi connectivity index (χ1v) is 6.23. The number of carbonyl (C=O) groups excluding carboxylic acids is 1. The molecular weight excluding hydrogens is 233 g/mol. The number of piperidine rings is 1. The van der Waals surface area contributed by atoms with Gasteiger partial charge in [0, 0.05) is 6.54 Å². The maximum Gasteiger partial charge on any atom is 0.310 e. The Balaban J connectivity index is 2.05. The van der Waals surface area contributed by atoms with Gasteiger partial charge < -0.3 is 10.1 Å². The predicted molar refractivity (Wildman–Crippen MR) is 66.6 cm³/mol. The number of nitrogens with one attached hydrogen (secondary N) is 1. The van der Waals surface area contributed by atoms with Crippen LogP contribution in [0.25, 0.3) is 0 Å². The van der Waals surface area contributed by atoms with Gasteiger partial charge in [-0.25, -0.2) is 4.39 Å². The molecule has 0 spiro atoms. The molecule has 0 bridgehead atoms. The van der Waals surface area contributed by atoms with Crippen molar-refractivity contribution in [3.05, 3.63) is 35.6 Å². The summed E-state index contributed by atoms with van der Waals surface area (Å²) in [5, 5.41) is 3.21. The fourth-order valence-electron chi connectivity index (χ4n) is 2.51. The highest BCUT2D eigenvalue weighted by Crippen LogP contribution is 2.24. The predicted octanol–water partition coefficient (Wildman–Crippen LogP) is 1.77. The minimum Gasteiger partial charge on any atom is -0.469 e. The minimum atomic E-state index is -0.228. The second kappa shape index (κ2) is 5.96. The van der Waals surface area contributed by atoms with Crippen molar-refractivity contribution in [3.63, 3.8) is 0 Å². The van der Waals surface area contributed by atoms with E-state index in [2.05, 4.69) is 5.32 Å². The molecule has 1 fully saturated rings. The van der Waals surface area contributed by atoms with Crippen LogP contribution in [0, 0.1) is 17.7 Å². The Bertz CT molecular complexity index is 405. The minimum absolute atomic E-state index is 0.103. The second-order valence-electron chi connectivity index (χ2n) is 4.71. The lowest BCUT2D eigenvalue weighted by molar-refractivity contribution is -0.148. The summed E-state index contributed by atoms with van der Waals surface area (Å²) in [7, 11) is 1.42. The number of halogens is 1. The Hall–Kier alpha value is -1.42. The summed E-state index contributed by atoms with van der Waals surface area (Å²) in [4.78, 5) is 11.7. The van der Waals surface area contributed by atoms with Gasteiger partial charge in [-0.15, -0.1) is 0 Å². The van der Waals surface area contributed by atoms with Crippen molar-refractivity contribution in [2.75, 3.05) is 20.2 Å².